The van der Waals surface area contributed by atoms with Crippen LogP contribution in [0.15, 0.2) is 109 Å². The number of benzene rings is 4. The van der Waals surface area contributed by atoms with Crippen LogP contribution in [0, 0.1) is 0 Å². The van der Waals surface area contributed by atoms with Gasteiger partial charge >= 0.3 is 5.97 Å². The Morgan fingerprint density at radius 1 is 0.789 bits per heavy atom. The van der Waals surface area contributed by atoms with Gasteiger partial charge in [0.05, 0.1) is 0 Å². The van der Waals surface area contributed by atoms with Crippen molar-refractivity contribution in [3.05, 3.63) is 136 Å². The van der Waals surface area contributed by atoms with E-state index in [-0.39, 0.29) is 18.1 Å². The Hall–Kier alpha value is -4.09. The highest BCUT2D eigenvalue weighted by Crippen LogP contribution is 2.23. The SMILES string of the molecule is C[C@H](OC(=O)c1ccccc1OCc1ccccc1Cl)C(=O)N(CCc1ccccc1)Cc1ccccc1. The molecule has 5 nitrogen and oxygen atoms in total. The molecule has 0 aromatic heterocycles. The summed E-state index contributed by atoms with van der Waals surface area (Å²) < 4.78 is 11.5. The number of esters is 1. The molecule has 0 unspecified atom stereocenters. The van der Waals surface area contributed by atoms with E-state index in [9.17, 15) is 9.59 Å². The summed E-state index contributed by atoms with van der Waals surface area (Å²) in [6, 6.07) is 34.0. The predicted molar refractivity (Wildman–Crippen MR) is 149 cm³/mol. The summed E-state index contributed by atoms with van der Waals surface area (Å²) in [5, 5.41) is 0.584. The average molecular weight is 528 g/mol. The van der Waals surface area contributed by atoms with Crippen LogP contribution < -0.4 is 4.74 Å². The van der Waals surface area contributed by atoms with Crippen molar-refractivity contribution >= 4 is 23.5 Å². The van der Waals surface area contributed by atoms with Gasteiger partial charge in [-0.1, -0.05) is 103 Å². The first-order valence-corrected chi connectivity index (χ1v) is 12.9. The molecule has 0 N–H and O–H groups in total. The maximum absolute atomic E-state index is 13.5. The molecule has 0 aliphatic rings. The van der Waals surface area contributed by atoms with Crippen LogP contribution in [0.4, 0.5) is 0 Å². The maximum atomic E-state index is 13.5. The molecule has 0 saturated carbocycles. The van der Waals surface area contributed by atoms with Gasteiger partial charge in [0.1, 0.15) is 17.9 Å². The molecule has 0 aliphatic carbocycles. The third-order valence-corrected chi connectivity index (χ3v) is 6.49. The van der Waals surface area contributed by atoms with Crippen molar-refractivity contribution in [1.82, 2.24) is 4.90 Å². The molecule has 0 fully saturated rings. The van der Waals surface area contributed by atoms with Crippen molar-refractivity contribution in [3.8, 4) is 5.75 Å². The summed E-state index contributed by atoms with van der Waals surface area (Å²) in [6.07, 6.45) is -0.280. The van der Waals surface area contributed by atoms with Crippen LogP contribution in [0.25, 0.3) is 0 Å². The summed E-state index contributed by atoms with van der Waals surface area (Å²) in [5.41, 5.74) is 3.19. The van der Waals surface area contributed by atoms with Gasteiger partial charge in [0.15, 0.2) is 6.10 Å². The molecule has 0 heterocycles. The van der Waals surface area contributed by atoms with Crippen molar-refractivity contribution in [2.75, 3.05) is 6.54 Å². The molecular formula is C32H30ClNO4. The zero-order valence-electron chi connectivity index (χ0n) is 21.3. The molecule has 4 aromatic carbocycles. The van der Waals surface area contributed by atoms with Gasteiger partial charge in [-0.25, -0.2) is 4.79 Å². The Balaban J connectivity index is 1.44. The lowest BCUT2D eigenvalue weighted by Crippen LogP contribution is -2.40. The number of carbonyl (C=O) groups is 2. The van der Waals surface area contributed by atoms with Crippen molar-refractivity contribution < 1.29 is 19.1 Å². The van der Waals surface area contributed by atoms with Crippen molar-refractivity contribution in [1.29, 1.82) is 0 Å². The number of ether oxygens (including phenoxy) is 2. The summed E-state index contributed by atoms with van der Waals surface area (Å²) in [4.78, 5) is 28.3. The van der Waals surface area contributed by atoms with Crippen molar-refractivity contribution in [2.45, 2.75) is 32.6 Å². The van der Waals surface area contributed by atoms with Crippen LogP contribution in [0.1, 0.15) is 34.0 Å². The van der Waals surface area contributed by atoms with Crippen LogP contribution in [0.5, 0.6) is 5.75 Å². The number of carbonyl (C=O) groups excluding carboxylic acids is 2. The Morgan fingerprint density at radius 2 is 1.39 bits per heavy atom. The lowest BCUT2D eigenvalue weighted by molar-refractivity contribution is -0.140. The molecule has 4 aromatic rings. The van der Waals surface area contributed by atoms with Gasteiger partial charge in [-0.2, -0.15) is 0 Å². The Labute approximate surface area is 228 Å². The van der Waals surface area contributed by atoms with Gasteiger partial charge in [0, 0.05) is 23.7 Å². The Bertz CT molecular complexity index is 1340. The number of rotatable bonds is 11. The minimum absolute atomic E-state index is 0.197. The predicted octanol–water partition coefficient (Wildman–Crippen LogP) is 6.74. The van der Waals surface area contributed by atoms with Gasteiger partial charge < -0.3 is 14.4 Å². The first-order chi connectivity index (χ1) is 18.5. The van der Waals surface area contributed by atoms with E-state index in [1.165, 1.54) is 0 Å². The van der Waals surface area contributed by atoms with E-state index in [0.717, 1.165) is 16.7 Å². The minimum Gasteiger partial charge on any atom is -0.488 e. The number of hydrogen-bond acceptors (Lipinski definition) is 4. The summed E-state index contributed by atoms with van der Waals surface area (Å²) in [5.74, 6) is -0.516. The molecule has 1 amide bonds. The first kappa shape index (κ1) is 27.0. The van der Waals surface area contributed by atoms with Gasteiger partial charge in [0.2, 0.25) is 0 Å². The highest BCUT2D eigenvalue weighted by Gasteiger charge is 2.26. The fourth-order valence-corrected chi connectivity index (χ4v) is 4.23. The molecule has 0 radical (unpaired) electrons. The van der Waals surface area contributed by atoms with Gasteiger partial charge in [0.25, 0.3) is 5.91 Å². The van der Waals surface area contributed by atoms with E-state index in [4.69, 9.17) is 21.1 Å². The van der Waals surface area contributed by atoms with Crippen LogP contribution in [-0.2, 0) is 29.1 Å². The average Bonchev–Trinajstić information content (AvgIpc) is 2.95. The normalized spacial score (nSPS) is 11.4. The van der Waals surface area contributed by atoms with E-state index in [1.54, 1.807) is 42.2 Å². The van der Waals surface area contributed by atoms with E-state index in [1.807, 2.05) is 78.9 Å². The zero-order valence-corrected chi connectivity index (χ0v) is 22.0. The number of amides is 1. The Morgan fingerprint density at radius 3 is 2.11 bits per heavy atom. The fraction of sp³-hybridized carbons (Fsp3) is 0.188. The standard InChI is InChI=1S/C32H30ClNO4/c1-24(31(35)34(22-26-14-6-3-7-15-26)21-20-25-12-4-2-5-13-25)38-32(36)28-17-9-11-19-30(28)37-23-27-16-8-10-18-29(27)33/h2-19,24H,20-23H2,1H3/t24-/m0/s1. The summed E-state index contributed by atoms with van der Waals surface area (Å²) in [6.45, 7) is 2.72. The highest BCUT2D eigenvalue weighted by atomic mass is 35.5. The quantitative estimate of drug-likeness (QED) is 0.203. The number of para-hydroxylation sites is 1. The molecule has 6 heteroatoms. The van der Waals surface area contributed by atoms with E-state index < -0.39 is 12.1 Å². The molecule has 4 rings (SSSR count). The molecule has 38 heavy (non-hydrogen) atoms. The summed E-state index contributed by atoms with van der Waals surface area (Å²) in [7, 11) is 0. The molecule has 1 atom stereocenters. The third-order valence-electron chi connectivity index (χ3n) is 6.12. The van der Waals surface area contributed by atoms with Crippen LogP contribution in [0.2, 0.25) is 5.02 Å². The lowest BCUT2D eigenvalue weighted by Gasteiger charge is -2.26. The second kappa shape index (κ2) is 13.5. The fourth-order valence-electron chi connectivity index (χ4n) is 4.04. The summed E-state index contributed by atoms with van der Waals surface area (Å²) >= 11 is 6.24. The zero-order chi connectivity index (χ0) is 26.7. The van der Waals surface area contributed by atoms with Crippen molar-refractivity contribution in [2.24, 2.45) is 0 Å². The van der Waals surface area contributed by atoms with Crippen LogP contribution >= 0.6 is 11.6 Å². The molecule has 0 bridgehead atoms. The third kappa shape index (κ3) is 7.46. The van der Waals surface area contributed by atoms with Gasteiger partial charge in [-0.15, -0.1) is 0 Å². The molecule has 0 aliphatic heterocycles. The topological polar surface area (TPSA) is 55.8 Å². The van der Waals surface area contributed by atoms with Gasteiger partial charge in [-0.05, 0) is 42.7 Å². The van der Waals surface area contributed by atoms with Crippen LogP contribution in [0.3, 0.4) is 0 Å². The van der Waals surface area contributed by atoms with E-state index in [2.05, 4.69) is 0 Å². The van der Waals surface area contributed by atoms with Crippen molar-refractivity contribution in [3.63, 3.8) is 0 Å². The second-order valence-electron chi connectivity index (χ2n) is 8.90. The first-order valence-electron chi connectivity index (χ1n) is 12.5. The molecular weight excluding hydrogens is 498 g/mol. The van der Waals surface area contributed by atoms with E-state index >= 15 is 0 Å². The molecule has 0 spiro atoms. The van der Waals surface area contributed by atoms with Gasteiger partial charge in [-0.3, -0.25) is 4.79 Å². The maximum Gasteiger partial charge on any atom is 0.342 e. The molecule has 0 saturated heterocycles. The second-order valence-corrected chi connectivity index (χ2v) is 9.31. The number of hydrogen-bond donors (Lipinski definition) is 0. The van der Waals surface area contributed by atoms with Crippen LogP contribution in [-0.4, -0.2) is 29.4 Å². The van der Waals surface area contributed by atoms with E-state index in [0.29, 0.717) is 30.3 Å². The minimum atomic E-state index is -0.974. The lowest BCUT2D eigenvalue weighted by atomic mass is 10.1. The highest BCUT2D eigenvalue weighted by molar-refractivity contribution is 6.31. The molecule has 194 valence electrons. The largest absolute Gasteiger partial charge is 0.488 e. The number of nitrogens with zero attached hydrogens (tertiary/aromatic N) is 1. The Kier molecular flexibility index (Phi) is 9.54. The monoisotopic (exact) mass is 527 g/mol. The smallest absolute Gasteiger partial charge is 0.342 e. The number of halogens is 1.